The summed E-state index contributed by atoms with van der Waals surface area (Å²) in [6.45, 7) is 0. The average Bonchev–Trinajstić information content (AvgIpc) is 2.77. The van der Waals surface area contributed by atoms with Gasteiger partial charge in [-0.25, -0.2) is 13.1 Å². The molecule has 0 aliphatic carbocycles. The molecule has 0 fully saturated rings. The smallest absolute Gasteiger partial charge is 0.307 e. The molecule has 1 atom stereocenters. The predicted molar refractivity (Wildman–Crippen MR) is 114 cm³/mol. The van der Waals surface area contributed by atoms with E-state index >= 15 is 0 Å². The summed E-state index contributed by atoms with van der Waals surface area (Å²) in [5, 5.41) is 2.76. The standard InChI is InChI=1S/C20H23ClN2O7S/c1-22-31(26,27)13-6-7-15(21)14(10-13)20(25)23-16(11-19(24)30-4)12-5-8-17(28-2)18(9-12)29-3/h5-10,16,22H,11H2,1-4H3,(H,23,25). The lowest BCUT2D eigenvalue weighted by molar-refractivity contribution is -0.141. The Bertz CT molecular complexity index is 1070. The lowest BCUT2D eigenvalue weighted by Crippen LogP contribution is -2.31. The second-order valence-corrected chi connectivity index (χ2v) is 8.56. The number of carbonyl (C=O) groups excluding carboxylic acids is 2. The summed E-state index contributed by atoms with van der Waals surface area (Å²) in [6, 6.07) is 7.87. The Morgan fingerprint density at radius 3 is 2.29 bits per heavy atom. The van der Waals surface area contributed by atoms with Gasteiger partial charge in [-0.2, -0.15) is 0 Å². The first-order chi connectivity index (χ1) is 14.7. The summed E-state index contributed by atoms with van der Waals surface area (Å²) in [6.07, 6.45) is -0.177. The molecule has 1 unspecified atom stereocenters. The zero-order valence-corrected chi connectivity index (χ0v) is 19.0. The topological polar surface area (TPSA) is 120 Å². The molecule has 2 rings (SSSR count). The van der Waals surface area contributed by atoms with E-state index in [0.717, 1.165) is 6.07 Å². The van der Waals surface area contributed by atoms with Gasteiger partial charge < -0.3 is 19.5 Å². The molecule has 0 saturated carbocycles. The van der Waals surface area contributed by atoms with Crippen LogP contribution in [0.25, 0.3) is 0 Å². The maximum Gasteiger partial charge on any atom is 0.307 e. The Balaban J connectivity index is 2.43. The number of amides is 1. The lowest BCUT2D eigenvalue weighted by Gasteiger charge is -2.20. The van der Waals surface area contributed by atoms with E-state index in [0.29, 0.717) is 17.1 Å². The molecule has 31 heavy (non-hydrogen) atoms. The number of carbonyl (C=O) groups is 2. The van der Waals surface area contributed by atoms with Gasteiger partial charge in [0.15, 0.2) is 11.5 Å². The number of methoxy groups -OCH3 is 3. The fourth-order valence-corrected chi connectivity index (χ4v) is 3.73. The van der Waals surface area contributed by atoms with Crippen molar-refractivity contribution in [2.45, 2.75) is 17.4 Å². The third kappa shape index (κ3) is 5.87. The van der Waals surface area contributed by atoms with Crippen molar-refractivity contribution in [3.63, 3.8) is 0 Å². The molecule has 0 radical (unpaired) electrons. The first-order valence-electron chi connectivity index (χ1n) is 8.99. The molecule has 1 amide bonds. The number of hydrogen-bond acceptors (Lipinski definition) is 7. The fourth-order valence-electron chi connectivity index (χ4n) is 2.77. The molecule has 9 nitrogen and oxygen atoms in total. The summed E-state index contributed by atoms with van der Waals surface area (Å²) >= 11 is 6.13. The van der Waals surface area contributed by atoms with Crippen LogP contribution in [0.1, 0.15) is 28.4 Å². The molecular weight excluding hydrogens is 448 g/mol. The maximum atomic E-state index is 12.9. The van der Waals surface area contributed by atoms with E-state index in [-0.39, 0.29) is 21.9 Å². The number of esters is 1. The van der Waals surface area contributed by atoms with Crippen molar-refractivity contribution in [2.24, 2.45) is 0 Å². The number of hydrogen-bond donors (Lipinski definition) is 2. The Morgan fingerprint density at radius 2 is 1.71 bits per heavy atom. The molecular formula is C20H23ClN2O7S. The van der Waals surface area contributed by atoms with E-state index in [9.17, 15) is 18.0 Å². The van der Waals surface area contributed by atoms with Gasteiger partial charge >= 0.3 is 5.97 Å². The maximum absolute atomic E-state index is 12.9. The highest BCUT2D eigenvalue weighted by Crippen LogP contribution is 2.31. The Hall–Kier alpha value is -2.82. The van der Waals surface area contributed by atoms with Crippen LogP contribution in [0.4, 0.5) is 0 Å². The Morgan fingerprint density at radius 1 is 1.03 bits per heavy atom. The summed E-state index contributed by atoms with van der Waals surface area (Å²) in [4.78, 5) is 24.8. The molecule has 2 aromatic rings. The number of rotatable bonds is 9. The van der Waals surface area contributed by atoms with Crippen LogP contribution in [0.3, 0.4) is 0 Å². The molecule has 2 N–H and O–H groups in total. The van der Waals surface area contributed by atoms with E-state index in [4.69, 9.17) is 25.8 Å². The number of ether oxygens (including phenoxy) is 3. The van der Waals surface area contributed by atoms with Crippen LogP contribution in [-0.4, -0.2) is 48.7 Å². The van der Waals surface area contributed by atoms with E-state index in [1.807, 2.05) is 0 Å². The molecule has 168 valence electrons. The van der Waals surface area contributed by atoms with Crippen molar-refractivity contribution in [1.82, 2.24) is 10.0 Å². The second kappa shape index (κ2) is 10.5. The van der Waals surface area contributed by atoms with Crippen molar-refractivity contribution in [3.05, 3.63) is 52.5 Å². The summed E-state index contributed by atoms with van der Waals surface area (Å²) in [5.41, 5.74) is 0.486. The van der Waals surface area contributed by atoms with Crippen LogP contribution in [0.5, 0.6) is 11.5 Å². The van der Waals surface area contributed by atoms with Gasteiger partial charge in [0.1, 0.15) is 0 Å². The monoisotopic (exact) mass is 470 g/mol. The fraction of sp³-hybridized carbons (Fsp3) is 0.300. The van der Waals surface area contributed by atoms with Crippen molar-refractivity contribution in [3.8, 4) is 11.5 Å². The first kappa shape index (κ1) is 24.4. The lowest BCUT2D eigenvalue weighted by atomic mass is 10.0. The van der Waals surface area contributed by atoms with Gasteiger partial charge in [-0.15, -0.1) is 0 Å². The summed E-state index contributed by atoms with van der Waals surface area (Å²) in [5.74, 6) is -0.341. The largest absolute Gasteiger partial charge is 0.493 e. The Kier molecular flexibility index (Phi) is 8.26. The number of benzene rings is 2. The molecule has 0 aliphatic rings. The molecule has 0 bridgehead atoms. The van der Waals surface area contributed by atoms with Gasteiger partial charge in [0.2, 0.25) is 10.0 Å². The van der Waals surface area contributed by atoms with Gasteiger partial charge in [-0.1, -0.05) is 17.7 Å². The van der Waals surface area contributed by atoms with E-state index in [1.54, 1.807) is 18.2 Å². The van der Waals surface area contributed by atoms with Crippen molar-refractivity contribution >= 4 is 33.5 Å². The normalized spacial score (nSPS) is 12.0. The highest BCUT2D eigenvalue weighted by Gasteiger charge is 2.24. The van der Waals surface area contributed by atoms with Gasteiger partial charge in [0.25, 0.3) is 5.91 Å². The van der Waals surface area contributed by atoms with Gasteiger partial charge in [0, 0.05) is 0 Å². The zero-order valence-electron chi connectivity index (χ0n) is 17.4. The van der Waals surface area contributed by atoms with E-state index in [2.05, 4.69) is 10.0 Å². The first-order valence-corrected chi connectivity index (χ1v) is 10.9. The predicted octanol–water partition coefficient (Wildman–Crippen LogP) is 2.30. The number of nitrogens with one attached hydrogen (secondary N) is 2. The zero-order chi connectivity index (χ0) is 23.2. The van der Waals surface area contributed by atoms with Crippen LogP contribution in [0, 0.1) is 0 Å². The van der Waals surface area contributed by atoms with Crippen LogP contribution in [0.15, 0.2) is 41.3 Å². The second-order valence-electron chi connectivity index (χ2n) is 6.27. The van der Waals surface area contributed by atoms with Crippen LogP contribution < -0.4 is 19.5 Å². The van der Waals surface area contributed by atoms with Crippen LogP contribution in [-0.2, 0) is 19.6 Å². The summed E-state index contributed by atoms with van der Waals surface area (Å²) < 4.78 is 41.6. The number of halogens is 1. The summed E-state index contributed by atoms with van der Waals surface area (Å²) in [7, 11) is 1.65. The minimum Gasteiger partial charge on any atom is -0.493 e. The van der Waals surface area contributed by atoms with Gasteiger partial charge in [0.05, 0.1) is 49.3 Å². The molecule has 11 heteroatoms. The SMILES string of the molecule is CNS(=O)(=O)c1ccc(Cl)c(C(=O)NC(CC(=O)OC)c2ccc(OC)c(OC)c2)c1. The van der Waals surface area contributed by atoms with E-state index < -0.39 is 27.9 Å². The van der Waals surface area contributed by atoms with Crippen LogP contribution >= 0.6 is 11.6 Å². The van der Waals surface area contributed by atoms with Crippen molar-refractivity contribution in [2.75, 3.05) is 28.4 Å². The molecule has 2 aromatic carbocycles. The van der Waals surface area contributed by atoms with Gasteiger partial charge in [-0.05, 0) is 42.9 Å². The highest BCUT2D eigenvalue weighted by atomic mass is 35.5. The Labute approximate surface area is 185 Å². The average molecular weight is 471 g/mol. The van der Waals surface area contributed by atoms with Crippen LogP contribution in [0.2, 0.25) is 5.02 Å². The quantitative estimate of drug-likeness (QED) is 0.539. The molecule has 0 saturated heterocycles. The number of sulfonamides is 1. The molecule has 0 spiro atoms. The molecule has 0 heterocycles. The molecule has 0 aromatic heterocycles. The third-order valence-electron chi connectivity index (χ3n) is 4.48. The van der Waals surface area contributed by atoms with Crippen molar-refractivity contribution < 1.29 is 32.2 Å². The molecule has 0 aliphatic heterocycles. The van der Waals surface area contributed by atoms with E-state index in [1.165, 1.54) is 40.5 Å². The minimum atomic E-state index is -3.78. The van der Waals surface area contributed by atoms with Crippen molar-refractivity contribution in [1.29, 1.82) is 0 Å². The highest BCUT2D eigenvalue weighted by molar-refractivity contribution is 7.89. The third-order valence-corrected chi connectivity index (χ3v) is 6.22. The van der Waals surface area contributed by atoms with Gasteiger partial charge in [-0.3, -0.25) is 9.59 Å². The minimum absolute atomic E-state index is 0.0525.